The van der Waals surface area contributed by atoms with Gasteiger partial charge in [0.15, 0.2) is 17.2 Å². The lowest BCUT2D eigenvalue weighted by molar-refractivity contribution is -0.157. The van der Waals surface area contributed by atoms with Gasteiger partial charge < -0.3 is 20.6 Å². The van der Waals surface area contributed by atoms with E-state index in [1.807, 2.05) is 0 Å². The summed E-state index contributed by atoms with van der Waals surface area (Å²) in [6.07, 6.45) is 2.75. The number of amides is 1. The number of halogens is 2. The number of nitrogens with one attached hydrogen (secondary N) is 2. The molecule has 0 radical (unpaired) electrons. The van der Waals surface area contributed by atoms with Gasteiger partial charge in [0.1, 0.15) is 0 Å². The molecule has 2 aliphatic heterocycles. The van der Waals surface area contributed by atoms with Crippen molar-refractivity contribution in [1.29, 1.82) is 0 Å². The summed E-state index contributed by atoms with van der Waals surface area (Å²) in [5, 5.41) is 18.1. The highest BCUT2D eigenvalue weighted by molar-refractivity contribution is 5.86. The molecule has 5 nitrogen and oxygen atoms in total. The molecule has 0 saturated carbocycles. The topological polar surface area (TPSA) is 64.6 Å². The van der Waals surface area contributed by atoms with Crippen molar-refractivity contribution in [3.05, 3.63) is 35.4 Å². The minimum Gasteiger partial charge on any atom is -0.379 e. The first-order valence-electron chi connectivity index (χ1n) is 10.4. The molecule has 0 bridgehead atoms. The van der Waals surface area contributed by atoms with Crippen LogP contribution >= 0.6 is 0 Å². The average Bonchev–Trinajstić information content (AvgIpc) is 2.59. The average molecular weight is 410 g/mol. The predicted molar refractivity (Wildman–Crippen MR) is 108 cm³/mol. The monoisotopic (exact) mass is 409 g/mol. The lowest BCUT2D eigenvalue weighted by atomic mass is 9.79. The maximum absolute atomic E-state index is 14.0. The molecule has 1 unspecified atom stereocenters. The van der Waals surface area contributed by atoms with E-state index in [1.54, 1.807) is 0 Å². The second-order valence-corrected chi connectivity index (χ2v) is 9.95. The quantitative estimate of drug-likeness (QED) is 0.700. The van der Waals surface area contributed by atoms with Gasteiger partial charge in [-0.05, 0) is 59.4 Å². The van der Waals surface area contributed by atoms with Crippen LogP contribution in [-0.4, -0.2) is 51.7 Å². The fourth-order valence-corrected chi connectivity index (χ4v) is 5.04. The van der Waals surface area contributed by atoms with Crippen molar-refractivity contribution in [2.45, 2.75) is 82.6 Å². The van der Waals surface area contributed by atoms with E-state index in [-0.39, 0.29) is 35.8 Å². The number of likely N-dealkylation sites (tertiary alicyclic amines) is 1. The van der Waals surface area contributed by atoms with Crippen molar-refractivity contribution >= 4 is 5.91 Å². The first kappa shape index (κ1) is 22.1. The van der Waals surface area contributed by atoms with E-state index in [9.17, 15) is 18.7 Å². The number of nitrogens with zero attached hydrogens (tertiary/aromatic N) is 1. The van der Waals surface area contributed by atoms with Gasteiger partial charge in [-0.15, -0.1) is 0 Å². The number of carbonyl (C=O) groups excluding carboxylic acids is 1. The fraction of sp³-hybridized carbons (Fsp3) is 0.682. The molecular formula is C22H33F2N3O2. The number of carbonyl (C=O) groups is 1. The molecule has 1 amide bonds. The molecule has 162 valence electrons. The lowest BCUT2D eigenvalue weighted by Gasteiger charge is -2.47. The molecule has 3 N–H and O–H groups in total. The Morgan fingerprint density at radius 1 is 1.21 bits per heavy atom. The van der Waals surface area contributed by atoms with E-state index in [0.717, 1.165) is 18.9 Å². The summed E-state index contributed by atoms with van der Waals surface area (Å²) < 4.78 is 27.5. The summed E-state index contributed by atoms with van der Waals surface area (Å²) in [5.74, 6) is -2.29. The van der Waals surface area contributed by atoms with Crippen LogP contribution in [0.15, 0.2) is 18.2 Å². The Morgan fingerprint density at radius 3 is 2.52 bits per heavy atom. The van der Waals surface area contributed by atoms with Crippen molar-refractivity contribution in [3.8, 4) is 0 Å². The van der Waals surface area contributed by atoms with Gasteiger partial charge in [-0.25, -0.2) is 8.78 Å². The third-order valence-electron chi connectivity index (χ3n) is 5.97. The third-order valence-corrected chi connectivity index (χ3v) is 5.97. The first-order valence-corrected chi connectivity index (χ1v) is 10.4. The van der Waals surface area contributed by atoms with Gasteiger partial charge in [0.05, 0.1) is 0 Å². The summed E-state index contributed by atoms with van der Waals surface area (Å²) in [6.45, 7) is 9.14. The number of aliphatic hydroxyl groups is 1. The van der Waals surface area contributed by atoms with Crippen molar-refractivity contribution in [2.75, 3.05) is 13.1 Å². The van der Waals surface area contributed by atoms with Crippen LogP contribution in [0.4, 0.5) is 8.78 Å². The zero-order valence-corrected chi connectivity index (χ0v) is 17.8. The Balaban J connectivity index is 1.66. The molecule has 0 aromatic heterocycles. The van der Waals surface area contributed by atoms with Crippen LogP contribution in [-0.2, 0) is 11.3 Å². The number of benzene rings is 1. The molecule has 0 spiro atoms. The molecule has 1 aromatic rings. The maximum atomic E-state index is 14.0. The van der Waals surface area contributed by atoms with Crippen LogP contribution in [0.25, 0.3) is 0 Å². The Labute approximate surface area is 171 Å². The Morgan fingerprint density at radius 2 is 1.86 bits per heavy atom. The molecule has 0 aliphatic carbocycles. The van der Waals surface area contributed by atoms with Crippen molar-refractivity contribution in [1.82, 2.24) is 15.5 Å². The van der Waals surface area contributed by atoms with Crippen molar-refractivity contribution in [3.63, 3.8) is 0 Å². The summed E-state index contributed by atoms with van der Waals surface area (Å²) >= 11 is 0. The van der Waals surface area contributed by atoms with Gasteiger partial charge in [-0.2, -0.15) is 0 Å². The Kier molecular flexibility index (Phi) is 6.05. The second kappa shape index (κ2) is 7.93. The number of rotatable bonds is 5. The van der Waals surface area contributed by atoms with E-state index in [2.05, 4.69) is 38.3 Å². The molecule has 29 heavy (non-hydrogen) atoms. The van der Waals surface area contributed by atoms with Crippen LogP contribution in [0.5, 0.6) is 0 Å². The van der Waals surface area contributed by atoms with Gasteiger partial charge in [-0.3, -0.25) is 4.79 Å². The number of hydrogen-bond acceptors (Lipinski definition) is 4. The van der Waals surface area contributed by atoms with Crippen LogP contribution in [0.1, 0.15) is 58.9 Å². The number of hydrogen-bond donors (Lipinski definition) is 3. The molecule has 2 heterocycles. The highest BCUT2D eigenvalue weighted by Gasteiger charge is 2.44. The van der Waals surface area contributed by atoms with E-state index >= 15 is 0 Å². The van der Waals surface area contributed by atoms with E-state index < -0.39 is 23.1 Å². The summed E-state index contributed by atoms with van der Waals surface area (Å²) in [5.41, 5.74) is -1.49. The lowest BCUT2D eigenvalue weighted by Crippen LogP contribution is -2.64. The molecule has 7 heteroatoms. The molecule has 1 aromatic carbocycles. The van der Waals surface area contributed by atoms with Crippen molar-refractivity contribution in [2.24, 2.45) is 0 Å². The van der Waals surface area contributed by atoms with Crippen LogP contribution in [0, 0.1) is 11.6 Å². The highest BCUT2D eigenvalue weighted by atomic mass is 19.2. The highest BCUT2D eigenvalue weighted by Crippen LogP contribution is 2.30. The smallest absolute Gasteiger partial charge is 0.256 e. The normalized spacial score (nSPS) is 27.3. The van der Waals surface area contributed by atoms with E-state index in [1.165, 1.54) is 17.0 Å². The summed E-state index contributed by atoms with van der Waals surface area (Å²) in [7, 11) is 0. The summed E-state index contributed by atoms with van der Waals surface area (Å²) in [4.78, 5) is 14.4. The SMILES string of the molecule is CC1(C)CC(NCC2(O)CCCN(Cc3cccc(F)c3F)C2=O)CC(C)(C)N1. The minimum absolute atomic E-state index is 0.0421. The molecule has 3 rings (SSSR count). The van der Waals surface area contributed by atoms with E-state index in [4.69, 9.17) is 0 Å². The largest absolute Gasteiger partial charge is 0.379 e. The minimum atomic E-state index is -1.53. The molecule has 2 fully saturated rings. The molecule has 2 aliphatic rings. The van der Waals surface area contributed by atoms with Crippen molar-refractivity contribution < 1.29 is 18.7 Å². The maximum Gasteiger partial charge on any atom is 0.256 e. The van der Waals surface area contributed by atoms with Crippen LogP contribution in [0.3, 0.4) is 0 Å². The van der Waals surface area contributed by atoms with Crippen LogP contribution < -0.4 is 10.6 Å². The van der Waals surface area contributed by atoms with Gasteiger partial charge in [0.25, 0.3) is 5.91 Å². The first-order chi connectivity index (χ1) is 13.4. The Hall–Kier alpha value is -1.57. The predicted octanol–water partition coefficient (Wildman–Crippen LogP) is 2.72. The molecular weight excluding hydrogens is 376 g/mol. The Bertz CT molecular complexity index is 752. The molecule has 1 atom stereocenters. The van der Waals surface area contributed by atoms with Gasteiger partial charge >= 0.3 is 0 Å². The van der Waals surface area contributed by atoms with Crippen LogP contribution in [0.2, 0.25) is 0 Å². The second-order valence-electron chi connectivity index (χ2n) is 9.95. The zero-order chi connectivity index (χ0) is 21.4. The third kappa shape index (κ3) is 5.13. The standard InChI is InChI=1S/C22H33F2N3O2/c1-20(2)11-16(12-21(3,4)26-20)25-14-22(29)9-6-10-27(19(22)28)13-15-7-5-8-17(23)18(15)24/h5,7-8,16,25-26,29H,6,9-14H2,1-4H3. The van der Waals surface area contributed by atoms with Gasteiger partial charge in [0, 0.05) is 42.3 Å². The zero-order valence-electron chi connectivity index (χ0n) is 17.8. The fourth-order valence-electron chi connectivity index (χ4n) is 5.04. The van der Waals surface area contributed by atoms with Gasteiger partial charge in [0.2, 0.25) is 0 Å². The summed E-state index contributed by atoms with van der Waals surface area (Å²) in [6, 6.07) is 4.13. The molecule has 2 saturated heterocycles. The number of piperidine rings is 2. The van der Waals surface area contributed by atoms with E-state index in [0.29, 0.717) is 19.4 Å². The van der Waals surface area contributed by atoms with Gasteiger partial charge in [-0.1, -0.05) is 12.1 Å².